The Hall–Kier alpha value is -2.20. The molecule has 0 aliphatic rings. The lowest BCUT2D eigenvalue weighted by Gasteiger charge is -2.16. The summed E-state index contributed by atoms with van der Waals surface area (Å²) in [5.74, 6) is -0.392. The third kappa shape index (κ3) is 3.90. The summed E-state index contributed by atoms with van der Waals surface area (Å²) in [6.07, 6.45) is 2.53. The van der Waals surface area contributed by atoms with E-state index in [1.807, 2.05) is 30.3 Å². The van der Waals surface area contributed by atoms with Gasteiger partial charge < -0.3 is 9.47 Å². The van der Waals surface area contributed by atoms with Crippen LogP contribution in [0, 0.1) is 0 Å². The number of aromatic nitrogens is 1. The van der Waals surface area contributed by atoms with Gasteiger partial charge in [0.15, 0.2) is 6.10 Å². The fourth-order valence-corrected chi connectivity index (χ4v) is 1.80. The predicted molar refractivity (Wildman–Crippen MR) is 74.8 cm³/mol. The van der Waals surface area contributed by atoms with Crippen LogP contribution >= 0.6 is 0 Å². The Morgan fingerprint density at radius 3 is 2.65 bits per heavy atom. The summed E-state index contributed by atoms with van der Waals surface area (Å²) in [4.78, 5) is 16.0. The summed E-state index contributed by atoms with van der Waals surface area (Å²) in [5.41, 5.74) is 1.70. The van der Waals surface area contributed by atoms with E-state index in [1.165, 1.54) is 0 Å². The van der Waals surface area contributed by atoms with Gasteiger partial charge >= 0.3 is 5.97 Å². The molecular weight excluding hydrogens is 254 g/mol. The van der Waals surface area contributed by atoms with Gasteiger partial charge in [-0.25, -0.2) is 4.79 Å². The standard InChI is InChI=1S/C16H17NO3/c1-2-19-16(18)15(14-9-6-10-17-11-14)20-12-13-7-4-3-5-8-13/h3-11,15H,2,12H2,1H3. The minimum atomic E-state index is -0.746. The van der Waals surface area contributed by atoms with Crippen molar-refractivity contribution in [2.45, 2.75) is 19.6 Å². The van der Waals surface area contributed by atoms with E-state index in [0.717, 1.165) is 5.56 Å². The van der Waals surface area contributed by atoms with E-state index in [4.69, 9.17) is 9.47 Å². The lowest BCUT2D eigenvalue weighted by atomic mass is 10.1. The molecule has 4 heteroatoms. The molecule has 4 nitrogen and oxygen atoms in total. The predicted octanol–water partition coefficient (Wildman–Crippen LogP) is 2.90. The number of carbonyl (C=O) groups excluding carboxylic acids is 1. The van der Waals surface area contributed by atoms with Gasteiger partial charge in [-0.15, -0.1) is 0 Å². The molecule has 1 unspecified atom stereocenters. The highest BCUT2D eigenvalue weighted by Gasteiger charge is 2.22. The second-order valence-corrected chi connectivity index (χ2v) is 4.22. The number of pyridine rings is 1. The van der Waals surface area contributed by atoms with Crippen molar-refractivity contribution in [1.82, 2.24) is 4.98 Å². The summed E-state index contributed by atoms with van der Waals surface area (Å²) in [6.45, 7) is 2.44. The first kappa shape index (κ1) is 14.2. The molecular formula is C16H17NO3. The van der Waals surface area contributed by atoms with Crippen LogP contribution < -0.4 is 0 Å². The van der Waals surface area contributed by atoms with Crippen LogP contribution in [0.5, 0.6) is 0 Å². The maximum Gasteiger partial charge on any atom is 0.340 e. The zero-order valence-electron chi connectivity index (χ0n) is 11.4. The zero-order chi connectivity index (χ0) is 14.2. The van der Waals surface area contributed by atoms with Gasteiger partial charge in [0.2, 0.25) is 0 Å². The molecule has 1 aromatic heterocycles. The van der Waals surface area contributed by atoms with Crippen LogP contribution in [0.15, 0.2) is 54.9 Å². The van der Waals surface area contributed by atoms with Gasteiger partial charge in [-0.05, 0) is 18.6 Å². The van der Waals surface area contributed by atoms with Crippen LogP contribution in [0.2, 0.25) is 0 Å². The van der Waals surface area contributed by atoms with E-state index in [9.17, 15) is 4.79 Å². The largest absolute Gasteiger partial charge is 0.464 e. The molecule has 0 N–H and O–H groups in total. The van der Waals surface area contributed by atoms with E-state index in [0.29, 0.717) is 18.8 Å². The van der Waals surface area contributed by atoms with Crippen molar-refractivity contribution < 1.29 is 14.3 Å². The number of hydrogen-bond donors (Lipinski definition) is 0. The first-order valence-electron chi connectivity index (χ1n) is 6.53. The third-order valence-electron chi connectivity index (χ3n) is 2.75. The van der Waals surface area contributed by atoms with Gasteiger partial charge in [0, 0.05) is 18.0 Å². The molecule has 2 rings (SSSR count). The fraction of sp³-hybridized carbons (Fsp3) is 0.250. The number of esters is 1. The van der Waals surface area contributed by atoms with E-state index >= 15 is 0 Å². The lowest BCUT2D eigenvalue weighted by Crippen LogP contribution is -2.19. The van der Waals surface area contributed by atoms with Gasteiger partial charge in [0.1, 0.15) is 0 Å². The lowest BCUT2D eigenvalue weighted by molar-refractivity contribution is -0.158. The zero-order valence-corrected chi connectivity index (χ0v) is 11.4. The van der Waals surface area contributed by atoms with Crippen molar-refractivity contribution in [2.75, 3.05) is 6.61 Å². The minimum absolute atomic E-state index is 0.324. The molecule has 0 saturated carbocycles. The number of carbonyl (C=O) groups is 1. The van der Waals surface area contributed by atoms with E-state index in [2.05, 4.69) is 4.98 Å². The van der Waals surface area contributed by atoms with E-state index in [1.54, 1.807) is 31.5 Å². The fourth-order valence-electron chi connectivity index (χ4n) is 1.80. The smallest absolute Gasteiger partial charge is 0.340 e. The average Bonchev–Trinajstić information content (AvgIpc) is 2.50. The molecule has 0 aliphatic carbocycles. The Bertz CT molecular complexity index is 528. The molecule has 0 amide bonds. The Morgan fingerprint density at radius 2 is 2.00 bits per heavy atom. The molecule has 1 atom stereocenters. The monoisotopic (exact) mass is 271 g/mol. The Labute approximate surface area is 118 Å². The minimum Gasteiger partial charge on any atom is -0.464 e. The van der Waals surface area contributed by atoms with Crippen molar-refractivity contribution in [3.05, 3.63) is 66.0 Å². The maximum atomic E-state index is 12.0. The second kappa shape index (κ2) is 7.40. The number of nitrogens with zero attached hydrogens (tertiary/aromatic N) is 1. The van der Waals surface area contributed by atoms with Gasteiger partial charge in [-0.1, -0.05) is 36.4 Å². The maximum absolute atomic E-state index is 12.0. The highest BCUT2D eigenvalue weighted by atomic mass is 16.6. The van der Waals surface area contributed by atoms with Crippen molar-refractivity contribution in [3.8, 4) is 0 Å². The van der Waals surface area contributed by atoms with Crippen molar-refractivity contribution in [2.24, 2.45) is 0 Å². The van der Waals surface area contributed by atoms with Crippen molar-refractivity contribution in [3.63, 3.8) is 0 Å². The van der Waals surface area contributed by atoms with Crippen molar-refractivity contribution in [1.29, 1.82) is 0 Å². The van der Waals surface area contributed by atoms with Gasteiger partial charge in [0.25, 0.3) is 0 Å². The number of hydrogen-bond acceptors (Lipinski definition) is 4. The van der Waals surface area contributed by atoms with Gasteiger partial charge in [-0.2, -0.15) is 0 Å². The van der Waals surface area contributed by atoms with Crippen LogP contribution in [0.1, 0.15) is 24.2 Å². The van der Waals surface area contributed by atoms with Gasteiger partial charge in [0.05, 0.1) is 13.2 Å². The molecule has 0 spiro atoms. The first-order chi connectivity index (χ1) is 9.81. The van der Waals surface area contributed by atoms with Gasteiger partial charge in [-0.3, -0.25) is 4.98 Å². The Kier molecular flexibility index (Phi) is 5.26. The molecule has 104 valence electrons. The third-order valence-corrected chi connectivity index (χ3v) is 2.75. The van der Waals surface area contributed by atoms with Crippen LogP contribution in [0.25, 0.3) is 0 Å². The molecule has 0 saturated heterocycles. The van der Waals surface area contributed by atoms with E-state index in [-0.39, 0.29) is 0 Å². The Morgan fingerprint density at radius 1 is 1.20 bits per heavy atom. The SMILES string of the molecule is CCOC(=O)C(OCc1ccccc1)c1cccnc1. The molecule has 1 heterocycles. The first-order valence-corrected chi connectivity index (χ1v) is 6.53. The molecule has 1 aromatic carbocycles. The molecule has 0 bridgehead atoms. The molecule has 20 heavy (non-hydrogen) atoms. The molecule has 2 aromatic rings. The Balaban J connectivity index is 2.09. The highest BCUT2D eigenvalue weighted by Crippen LogP contribution is 2.20. The summed E-state index contributed by atoms with van der Waals surface area (Å²) < 4.78 is 10.8. The second-order valence-electron chi connectivity index (χ2n) is 4.22. The number of rotatable bonds is 6. The normalized spacial score (nSPS) is 11.8. The number of ether oxygens (including phenoxy) is 2. The van der Waals surface area contributed by atoms with Crippen LogP contribution in [0.4, 0.5) is 0 Å². The quantitative estimate of drug-likeness (QED) is 0.758. The van der Waals surface area contributed by atoms with E-state index < -0.39 is 12.1 Å². The van der Waals surface area contributed by atoms with Crippen LogP contribution in [-0.4, -0.2) is 17.6 Å². The topological polar surface area (TPSA) is 48.4 Å². The van der Waals surface area contributed by atoms with Crippen molar-refractivity contribution >= 4 is 5.97 Å². The molecule has 0 fully saturated rings. The van der Waals surface area contributed by atoms with Crippen LogP contribution in [0.3, 0.4) is 0 Å². The summed E-state index contributed by atoms with van der Waals surface area (Å²) >= 11 is 0. The molecule has 0 radical (unpaired) electrons. The highest BCUT2D eigenvalue weighted by molar-refractivity contribution is 5.76. The summed E-state index contributed by atoms with van der Waals surface area (Å²) in [5, 5.41) is 0. The summed E-state index contributed by atoms with van der Waals surface area (Å²) in [6, 6.07) is 13.3. The number of benzene rings is 1. The van der Waals surface area contributed by atoms with Crippen LogP contribution in [-0.2, 0) is 20.9 Å². The summed E-state index contributed by atoms with van der Waals surface area (Å²) in [7, 11) is 0. The molecule has 0 aliphatic heterocycles. The average molecular weight is 271 g/mol.